The summed E-state index contributed by atoms with van der Waals surface area (Å²) in [5, 5.41) is 22.5. The number of rotatable bonds is 18. The SMILES string of the molecule is CON1C(C)(C)CC(CCCCNc2nc(NCCCCC3CC(C)(C)N(OC)C(C)(C)C3)nc(NC(=O)CCC(=O)O)n2)CC1(C)C. The Morgan fingerprint density at radius 3 is 1.40 bits per heavy atom. The fraction of sp³-hybridized carbons (Fsp3) is 0.857. The maximum atomic E-state index is 12.4. The van der Waals surface area contributed by atoms with Crippen LogP contribution < -0.4 is 16.0 Å². The summed E-state index contributed by atoms with van der Waals surface area (Å²) in [6.45, 7) is 19.4. The first-order valence-electron chi connectivity index (χ1n) is 17.8. The van der Waals surface area contributed by atoms with Gasteiger partial charge in [-0.05, 0) is 106 Å². The third kappa shape index (κ3) is 11.5. The number of nitrogens with zero attached hydrogens (tertiary/aromatic N) is 5. The number of carboxylic acids is 1. The summed E-state index contributed by atoms with van der Waals surface area (Å²) in [6, 6.07) is 0. The first-order chi connectivity index (χ1) is 22.4. The van der Waals surface area contributed by atoms with Gasteiger partial charge in [-0.2, -0.15) is 25.1 Å². The molecule has 1 aromatic heterocycles. The number of aromatic nitrogens is 3. The number of aliphatic carboxylic acids is 1. The van der Waals surface area contributed by atoms with E-state index in [1.165, 1.54) is 0 Å². The second-order valence-electron chi connectivity index (χ2n) is 16.3. The van der Waals surface area contributed by atoms with Crippen LogP contribution in [-0.4, -0.2) is 91.5 Å². The Kier molecular flexibility index (Phi) is 14.0. The number of carbonyl (C=O) groups excluding carboxylic acids is 1. The standard InChI is InChI=1S/C35H64N8O5/c1-32(2)21-25(22-33(3,4)42(32)47-9)15-11-13-19-36-29-39-30(41-31(40-29)38-27(44)17-18-28(45)46)37-20-14-12-16-26-23-34(5,6)43(48-10)35(7,8)24-26/h25-26H,11-24H2,1-10H3,(H,45,46)(H3,36,37,38,39,40,41,44). The summed E-state index contributed by atoms with van der Waals surface area (Å²) in [6.07, 6.45) is 10.3. The number of hydrogen-bond acceptors (Lipinski definition) is 11. The minimum Gasteiger partial charge on any atom is -0.481 e. The number of anilines is 3. The van der Waals surface area contributed by atoms with E-state index in [4.69, 9.17) is 14.8 Å². The second-order valence-corrected chi connectivity index (χ2v) is 16.3. The van der Waals surface area contributed by atoms with Gasteiger partial charge in [0.2, 0.25) is 23.8 Å². The van der Waals surface area contributed by atoms with Gasteiger partial charge in [-0.25, -0.2) is 0 Å². The highest BCUT2D eigenvalue weighted by molar-refractivity contribution is 5.91. The lowest BCUT2D eigenvalue weighted by Gasteiger charge is -2.53. The summed E-state index contributed by atoms with van der Waals surface area (Å²) in [7, 11) is 3.53. The molecule has 4 N–H and O–H groups in total. The predicted molar refractivity (Wildman–Crippen MR) is 189 cm³/mol. The van der Waals surface area contributed by atoms with Gasteiger partial charge in [-0.15, -0.1) is 0 Å². The van der Waals surface area contributed by atoms with Crippen molar-refractivity contribution in [3.05, 3.63) is 0 Å². The van der Waals surface area contributed by atoms with E-state index in [1.54, 1.807) is 14.2 Å². The molecule has 2 fully saturated rings. The maximum Gasteiger partial charge on any atom is 0.303 e. The van der Waals surface area contributed by atoms with Gasteiger partial charge in [0.25, 0.3) is 0 Å². The van der Waals surface area contributed by atoms with E-state index in [-0.39, 0.29) is 40.9 Å². The van der Waals surface area contributed by atoms with E-state index in [0.29, 0.717) is 36.8 Å². The highest BCUT2D eigenvalue weighted by Gasteiger charge is 2.46. The zero-order chi connectivity index (χ0) is 35.8. The molecule has 3 rings (SSSR count). The lowest BCUT2D eigenvalue weighted by molar-refractivity contribution is -0.272. The van der Waals surface area contributed by atoms with Crippen molar-refractivity contribution >= 4 is 29.7 Å². The van der Waals surface area contributed by atoms with Gasteiger partial charge in [0, 0.05) is 41.7 Å². The summed E-state index contributed by atoms with van der Waals surface area (Å²) in [5.74, 6) is 0.636. The minimum absolute atomic E-state index is 0.0191. The van der Waals surface area contributed by atoms with Crippen LogP contribution in [0.25, 0.3) is 0 Å². The Morgan fingerprint density at radius 1 is 0.667 bits per heavy atom. The highest BCUT2D eigenvalue weighted by atomic mass is 16.7. The van der Waals surface area contributed by atoms with Crippen molar-refractivity contribution < 1.29 is 24.4 Å². The number of nitrogens with one attached hydrogen (secondary N) is 3. The molecule has 13 heteroatoms. The number of unbranched alkanes of at least 4 members (excludes halogenated alkanes) is 2. The number of hydrogen-bond donors (Lipinski definition) is 4. The van der Waals surface area contributed by atoms with Crippen LogP contribution in [0.2, 0.25) is 0 Å². The van der Waals surface area contributed by atoms with Crippen LogP contribution in [0.5, 0.6) is 0 Å². The molecule has 3 heterocycles. The molecule has 2 aliphatic rings. The van der Waals surface area contributed by atoms with Crippen LogP contribution in [0.4, 0.5) is 17.8 Å². The van der Waals surface area contributed by atoms with Gasteiger partial charge < -0.3 is 25.4 Å². The summed E-state index contributed by atoms with van der Waals surface area (Å²) in [5.41, 5.74) is -0.0764. The molecule has 2 saturated heterocycles. The fourth-order valence-electron chi connectivity index (χ4n) is 8.85. The average molecular weight is 677 g/mol. The topological polar surface area (TPSA) is 154 Å². The number of piperidine rings is 2. The van der Waals surface area contributed by atoms with Gasteiger partial charge in [-0.3, -0.25) is 14.9 Å². The molecule has 0 spiro atoms. The highest BCUT2D eigenvalue weighted by Crippen LogP contribution is 2.44. The molecular weight excluding hydrogens is 612 g/mol. The lowest BCUT2D eigenvalue weighted by Crippen LogP contribution is -2.59. The van der Waals surface area contributed by atoms with Gasteiger partial charge >= 0.3 is 5.97 Å². The molecule has 2 aliphatic heterocycles. The Morgan fingerprint density at radius 2 is 1.04 bits per heavy atom. The number of hydroxylamine groups is 4. The number of carbonyl (C=O) groups is 2. The van der Waals surface area contributed by atoms with Crippen molar-refractivity contribution in [1.29, 1.82) is 0 Å². The minimum atomic E-state index is -1.03. The van der Waals surface area contributed by atoms with Crippen molar-refractivity contribution in [3.8, 4) is 0 Å². The van der Waals surface area contributed by atoms with Crippen LogP contribution in [-0.2, 0) is 19.3 Å². The predicted octanol–water partition coefficient (Wildman–Crippen LogP) is 6.50. The summed E-state index contributed by atoms with van der Waals surface area (Å²) < 4.78 is 0. The largest absolute Gasteiger partial charge is 0.481 e. The first kappa shape index (κ1) is 39.8. The number of carboxylic acid groups (broad SMARTS) is 1. The van der Waals surface area contributed by atoms with Crippen LogP contribution in [0.3, 0.4) is 0 Å². The second kappa shape index (κ2) is 16.9. The van der Waals surface area contributed by atoms with Crippen molar-refractivity contribution in [2.45, 2.75) is 155 Å². The lowest BCUT2D eigenvalue weighted by atomic mass is 9.73. The molecule has 0 atom stereocenters. The molecular formula is C35H64N8O5. The van der Waals surface area contributed by atoms with Crippen LogP contribution in [0.15, 0.2) is 0 Å². The molecule has 13 nitrogen and oxygen atoms in total. The van der Waals surface area contributed by atoms with E-state index in [9.17, 15) is 9.59 Å². The van der Waals surface area contributed by atoms with Gasteiger partial charge in [0.15, 0.2) is 0 Å². The molecule has 0 aliphatic carbocycles. The van der Waals surface area contributed by atoms with Crippen LogP contribution in [0, 0.1) is 11.8 Å². The Balaban J connectivity index is 1.52. The normalized spacial score (nSPS) is 21.1. The quantitative estimate of drug-likeness (QED) is 0.126. The number of amides is 1. The van der Waals surface area contributed by atoms with Crippen LogP contribution in [0.1, 0.15) is 132 Å². The molecule has 0 aromatic carbocycles. The molecule has 0 saturated carbocycles. The molecule has 274 valence electrons. The third-order valence-electron chi connectivity index (χ3n) is 9.81. The summed E-state index contributed by atoms with van der Waals surface area (Å²) >= 11 is 0. The molecule has 48 heavy (non-hydrogen) atoms. The van der Waals surface area contributed by atoms with Crippen molar-refractivity contribution in [1.82, 2.24) is 25.1 Å². The Hall–Kier alpha value is -2.61. The van der Waals surface area contributed by atoms with Gasteiger partial charge in [0.05, 0.1) is 20.6 Å². The van der Waals surface area contributed by atoms with E-state index < -0.39 is 11.9 Å². The smallest absolute Gasteiger partial charge is 0.303 e. The third-order valence-corrected chi connectivity index (χ3v) is 9.81. The van der Waals surface area contributed by atoms with E-state index in [2.05, 4.69) is 96.4 Å². The molecule has 0 unspecified atom stereocenters. The van der Waals surface area contributed by atoms with Crippen molar-refractivity contribution in [3.63, 3.8) is 0 Å². The van der Waals surface area contributed by atoms with E-state index >= 15 is 0 Å². The van der Waals surface area contributed by atoms with E-state index in [0.717, 1.165) is 64.2 Å². The molecule has 0 bridgehead atoms. The Bertz CT molecular complexity index is 1100. The average Bonchev–Trinajstić information content (AvgIpc) is 2.93. The summed E-state index contributed by atoms with van der Waals surface area (Å²) in [4.78, 5) is 48.2. The zero-order valence-corrected chi connectivity index (χ0v) is 31.4. The molecule has 1 aromatic rings. The van der Waals surface area contributed by atoms with Crippen molar-refractivity contribution in [2.24, 2.45) is 11.8 Å². The fourth-order valence-corrected chi connectivity index (χ4v) is 8.85. The maximum absolute atomic E-state index is 12.4. The zero-order valence-electron chi connectivity index (χ0n) is 31.4. The Labute approximate surface area is 288 Å². The van der Waals surface area contributed by atoms with Crippen LogP contribution >= 0.6 is 0 Å². The molecule has 1 amide bonds. The molecule has 0 radical (unpaired) electrons. The van der Waals surface area contributed by atoms with Gasteiger partial charge in [0.1, 0.15) is 0 Å². The van der Waals surface area contributed by atoms with E-state index in [1.807, 2.05) is 0 Å². The monoisotopic (exact) mass is 676 g/mol. The van der Waals surface area contributed by atoms with Gasteiger partial charge in [-0.1, -0.05) is 25.7 Å². The first-order valence-corrected chi connectivity index (χ1v) is 17.8. The van der Waals surface area contributed by atoms with Crippen molar-refractivity contribution in [2.75, 3.05) is 43.3 Å².